The van der Waals surface area contributed by atoms with Gasteiger partial charge in [0.25, 0.3) is 0 Å². The fourth-order valence-corrected chi connectivity index (χ4v) is 1.46. The van der Waals surface area contributed by atoms with E-state index in [1.165, 1.54) is 12.8 Å². The molecule has 0 aromatic rings. The smallest absolute Gasteiger partial charge is 0.0495 e. The van der Waals surface area contributed by atoms with Crippen molar-refractivity contribution in [2.24, 2.45) is 5.92 Å². The zero-order valence-electron chi connectivity index (χ0n) is 7.50. The molecule has 2 nitrogen and oxygen atoms in total. The molecule has 72 valence electrons. The minimum absolute atomic E-state index is 0.735. The average molecular weight is 190 g/mol. The second-order valence-corrected chi connectivity index (χ2v) is 3.66. The first kappa shape index (κ1) is 10.4. The molecule has 0 N–H and O–H groups in total. The molecule has 0 bridgehead atoms. The summed E-state index contributed by atoms with van der Waals surface area (Å²) in [7, 11) is 0. The van der Waals surface area contributed by atoms with Crippen LogP contribution in [0.25, 0.3) is 0 Å². The van der Waals surface area contributed by atoms with Gasteiger partial charge in [-0.3, -0.25) is 0 Å². The SMILES string of the molecule is SCCCOCC1CCOCC1. The van der Waals surface area contributed by atoms with Crippen molar-refractivity contribution < 1.29 is 9.47 Å². The minimum Gasteiger partial charge on any atom is -0.381 e. The molecule has 1 aliphatic heterocycles. The Morgan fingerprint density at radius 2 is 2.08 bits per heavy atom. The van der Waals surface area contributed by atoms with Crippen molar-refractivity contribution in [2.75, 3.05) is 32.2 Å². The van der Waals surface area contributed by atoms with Crippen molar-refractivity contribution in [2.45, 2.75) is 19.3 Å². The summed E-state index contributed by atoms with van der Waals surface area (Å²) in [5, 5.41) is 0. The summed E-state index contributed by atoms with van der Waals surface area (Å²) in [6, 6.07) is 0. The predicted molar refractivity (Wildman–Crippen MR) is 52.8 cm³/mol. The maximum absolute atomic E-state index is 5.51. The summed E-state index contributed by atoms with van der Waals surface area (Å²) in [4.78, 5) is 0. The van der Waals surface area contributed by atoms with Gasteiger partial charge in [-0.1, -0.05) is 0 Å². The highest BCUT2D eigenvalue weighted by Gasteiger charge is 2.13. The van der Waals surface area contributed by atoms with Crippen molar-refractivity contribution in [1.29, 1.82) is 0 Å². The van der Waals surface area contributed by atoms with Gasteiger partial charge in [0.1, 0.15) is 0 Å². The Labute approximate surface area is 80.0 Å². The lowest BCUT2D eigenvalue weighted by atomic mass is 10.0. The average Bonchev–Trinajstić information content (AvgIpc) is 2.14. The zero-order chi connectivity index (χ0) is 8.65. The summed E-state index contributed by atoms with van der Waals surface area (Å²) < 4.78 is 10.8. The van der Waals surface area contributed by atoms with Crippen LogP contribution in [0.5, 0.6) is 0 Å². The number of thiol groups is 1. The van der Waals surface area contributed by atoms with Gasteiger partial charge in [-0.2, -0.15) is 12.6 Å². The maximum atomic E-state index is 5.51. The Bertz CT molecular complexity index is 103. The number of rotatable bonds is 5. The van der Waals surface area contributed by atoms with E-state index < -0.39 is 0 Å². The molecule has 1 fully saturated rings. The van der Waals surface area contributed by atoms with Gasteiger partial charge in [0, 0.05) is 26.4 Å². The van der Waals surface area contributed by atoms with Crippen LogP contribution < -0.4 is 0 Å². The van der Waals surface area contributed by atoms with Crippen LogP contribution in [0.3, 0.4) is 0 Å². The molecule has 0 aromatic heterocycles. The van der Waals surface area contributed by atoms with Gasteiger partial charge in [0.2, 0.25) is 0 Å². The molecule has 1 heterocycles. The minimum atomic E-state index is 0.735. The van der Waals surface area contributed by atoms with Gasteiger partial charge in [0.15, 0.2) is 0 Å². The van der Waals surface area contributed by atoms with Gasteiger partial charge < -0.3 is 9.47 Å². The number of ether oxygens (including phenoxy) is 2. The van der Waals surface area contributed by atoms with E-state index in [1.807, 2.05) is 0 Å². The Kier molecular flexibility index (Phi) is 5.82. The quantitative estimate of drug-likeness (QED) is 0.526. The molecular weight excluding hydrogens is 172 g/mol. The molecule has 3 heteroatoms. The summed E-state index contributed by atoms with van der Waals surface area (Å²) in [6.07, 6.45) is 3.40. The monoisotopic (exact) mass is 190 g/mol. The second kappa shape index (κ2) is 6.75. The van der Waals surface area contributed by atoms with Gasteiger partial charge in [-0.15, -0.1) is 0 Å². The molecule has 0 radical (unpaired) electrons. The number of hydrogen-bond acceptors (Lipinski definition) is 3. The van der Waals surface area contributed by atoms with Crippen LogP contribution in [0, 0.1) is 5.92 Å². The van der Waals surface area contributed by atoms with Crippen molar-refractivity contribution in [3.05, 3.63) is 0 Å². The first-order valence-corrected chi connectivity index (χ1v) is 5.33. The molecule has 0 aliphatic carbocycles. The normalized spacial score (nSPS) is 19.8. The van der Waals surface area contributed by atoms with Crippen LogP contribution in [0.15, 0.2) is 0 Å². The van der Waals surface area contributed by atoms with Crippen molar-refractivity contribution in [3.63, 3.8) is 0 Å². The van der Waals surface area contributed by atoms with Crippen molar-refractivity contribution >= 4 is 12.6 Å². The lowest BCUT2D eigenvalue weighted by Gasteiger charge is -2.21. The molecule has 0 saturated carbocycles. The molecule has 0 unspecified atom stereocenters. The Balaban J connectivity index is 1.91. The van der Waals surface area contributed by atoms with Crippen LogP contribution in [-0.4, -0.2) is 32.2 Å². The van der Waals surface area contributed by atoms with E-state index in [2.05, 4.69) is 12.6 Å². The third kappa shape index (κ3) is 4.33. The Morgan fingerprint density at radius 3 is 2.75 bits per heavy atom. The third-order valence-corrected chi connectivity index (χ3v) is 2.46. The van der Waals surface area contributed by atoms with E-state index in [4.69, 9.17) is 9.47 Å². The molecule has 1 rings (SSSR count). The first-order valence-electron chi connectivity index (χ1n) is 4.70. The lowest BCUT2D eigenvalue weighted by molar-refractivity contribution is 0.0210. The topological polar surface area (TPSA) is 18.5 Å². The highest BCUT2D eigenvalue weighted by molar-refractivity contribution is 7.80. The fraction of sp³-hybridized carbons (Fsp3) is 1.00. The highest BCUT2D eigenvalue weighted by Crippen LogP contribution is 2.14. The molecule has 1 aliphatic rings. The fourth-order valence-electron chi connectivity index (χ4n) is 1.33. The third-order valence-electron chi connectivity index (χ3n) is 2.14. The van der Waals surface area contributed by atoms with Gasteiger partial charge >= 0.3 is 0 Å². The first-order chi connectivity index (χ1) is 5.93. The molecule has 0 aromatic carbocycles. The van der Waals surface area contributed by atoms with Crippen LogP contribution in [0.2, 0.25) is 0 Å². The standard InChI is InChI=1S/C9H18O2S/c12-7-1-4-11-8-9-2-5-10-6-3-9/h9,12H,1-8H2. The predicted octanol–water partition coefficient (Wildman–Crippen LogP) is 1.75. The summed E-state index contributed by atoms with van der Waals surface area (Å²) in [5.74, 6) is 1.66. The van der Waals surface area contributed by atoms with E-state index in [0.717, 1.165) is 44.5 Å². The molecular formula is C9H18O2S. The van der Waals surface area contributed by atoms with Gasteiger partial charge in [-0.05, 0) is 30.9 Å². The van der Waals surface area contributed by atoms with Crippen LogP contribution in [-0.2, 0) is 9.47 Å². The zero-order valence-corrected chi connectivity index (χ0v) is 8.39. The Hall–Kier alpha value is 0.270. The molecule has 0 amide bonds. The van der Waals surface area contributed by atoms with E-state index in [9.17, 15) is 0 Å². The molecule has 0 atom stereocenters. The number of hydrogen-bond donors (Lipinski definition) is 1. The van der Waals surface area contributed by atoms with E-state index >= 15 is 0 Å². The van der Waals surface area contributed by atoms with Gasteiger partial charge in [0.05, 0.1) is 0 Å². The van der Waals surface area contributed by atoms with Crippen molar-refractivity contribution in [3.8, 4) is 0 Å². The van der Waals surface area contributed by atoms with E-state index in [1.54, 1.807) is 0 Å². The summed E-state index contributed by atoms with van der Waals surface area (Å²) in [5.41, 5.74) is 0. The van der Waals surface area contributed by atoms with Crippen LogP contribution in [0.4, 0.5) is 0 Å². The lowest BCUT2D eigenvalue weighted by Crippen LogP contribution is -2.20. The summed E-state index contributed by atoms with van der Waals surface area (Å²) in [6.45, 7) is 3.61. The molecule has 0 spiro atoms. The van der Waals surface area contributed by atoms with Crippen LogP contribution in [0.1, 0.15) is 19.3 Å². The second-order valence-electron chi connectivity index (χ2n) is 3.21. The van der Waals surface area contributed by atoms with Gasteiger partial charge in [-0.25, -0.2) is 0 Å². The van der Waals surface area contributed by atoms with Crippen molar-refractivity contribution in [1.82, 2.24) is 0 Å². The largest absolute Gasteiger partial charge is 0.381 e. The molecule has 12 heavy (non-hydrogen) atoms. The molecule has 1 saturated heterocycles. The highest BCUT2D eigenvalue weighted by atomic mass is 32.1. The maximum Gasteiger partial charge on any atom is 0.0495 e. The van der Waals surface area contributed by atoms with E-state index in [-0.39, 0.29) is 0 Å². The summed E-state index contributed by atoms with van der Waals surface area (Å²) >= 11 is 4.12. The Morgan fingerprint density at radius 1 is 1.33 bits per heavy atom. The van der Waals surface area contributed by atoms with E-state index in [0.29, 0.717) is 0 Å². The van der Waals surface area contributed by atoms with Crippen LogP contribution >= 0.6 is 12.6 Å².